The second-order valence-electron chi connectivity index (χ2n) is 5.11. The van der Waals surface area contributed by atoms with E-state index in [4.69, 9.17) is 22.1 Å². The quantitative estimate of drug-likeness (QED) is 0.906. The number of nitrogens with two attached hydrogens (primary N) is 1. The van der Waals surface area contributed by atoms with Gasteiger partial charge in [-0.1, -0.05) is 11.6 Å². The first-order chi connectivity index (χ1) is 9.75. The smallest absolute Gasteiger partial charge is 0.153 e. The molecule has 20 heavy (non-hydrogen) atoms. The summed E-state index contributed by atoms with van der Waals surface area (Å²) in [6, 6.07) is 3.83. The minimum Gasteiger partial charge on any atom is -0.382 e. The standard InChI is InChI=1S/C14H19ClN4O/c15-11-3-4-12-13(14(16)18-17-12)10(11)2-1-5-19-6-8-20-9-7-19/h3-4H,1-2,5-9H2,(H3,16,17,18). The van der Waals surface area contributed by atoms with Gasteiger partial charge in [-0.15, -0.1) is 0 Å². The molecule has 108 valence electrons. The maximum Gasteiger partial charge on any atom is 0.153 e. The van der Waals surface area contributed by atoms with Crippen LogP contribution >= 0.6 is 11.6 Å². The Labute approximate surface area is 123 Å². The van der Waals surface area contributed by atoms with Crippen molar-refractivity contribution < 1.29 is 4.74 Å². The van der Waals surface area contributed by atoms with E-state index in [0.717, 1.165) is 67.2 Å². The van der Waals surface area contributed by atoms with Gasteiger partial charge >= 0.3 is 0 Å². The van der Waals surface area contributed by atoms with E-state index in [1.165, 1.54) is 0 Å². The molecular weight excluding hydrogens is 276 g/mol. The molecule has 1 aliphatic heterocycles. The molecule has 2 aromatic rings. The Morgan fingerprint density at radius 2 is 2.15 bits per heavy atom. The van der Waals surface area contributed by atoms with E-state index in [-0.39, 0.29) is 0 Å². The Bertz CT molecular complexity index is 592. The summed E-state index contributed by atoms with van der Waals surface area (Å²) in [7, 11) is 0. The molecule has 0 radical (unpaired) electrons. The summed E-state index contributed by atoms with van der Waals surface area (Å²) in [6.45, 7) is 4.78. The average molecular weight is 295 g/mol. The highest BCUT2D eigenvalue weighted by Crippen LogP contribution is 2.29. The first kappa shape index (κ1) is 13.7. The number of benzene rings is 1. The van der Waals surface area contributed by atoms with Gasteiger partial charge in [-0.25, -0.2) is 0 Å². The summed E-state index contributed by atoms with van der Waals surface area (Å²) in [5.74, 6) is 0.531. The van der Waals surface area contributed by atoms with Crippen LogP contribution in [-0.2, 0) is 11.2 Å². The van der Waals surface area contributed by atoms with Gasteiger partial charge in [0, 0.05) is 23.5 Å². The van der Waals surface area contributed by atoms with Gasteiger partial charge in [0.15, 0.2) is 5.82 Å². The lowest BCUT2D eigenvalue weighted by Crippen LogP contribution is -2.36. The minimum atomic E-state index is 0.531. The zero-order chi connectivity index (χ0) is 13.9. The van der Waals surface area contributed by atoms with E-state index in [1.54, 1.807) is 0 Å². The van der Waals surface area contributed by atoms with Gasteiger partial charge in [0.2, 0.25) is 0 Å². The number of anilines is 1. The van der Waals surface area contributed by atoms with Gasteiger partial charge in [0.1, 0.15) is 0 Å². The van der Waals surface area contributed by atoms with Crippen LogP contribution in [0.3, 0.4) is 0 Å². The van der Waals surface area contributed by atoms with Crippen molar-refractivity contribution in [2.45, 2.75) is 12.8 Å². The Morgan fingerprint density at radius 1 is 1.35 bits per heavy atom. The van der Waals surface area contributed by atoms with Crippen LogP contribution in [0.1, 0.15) is 12.0 Å². The molecule has 1 aliphatic rings. The maximum absolute atomic E-state index is 6.32. The van der Waals surface area contributed by atoms with Gasteiger partial charge in [0.05, 0.1) is 18.7 Å². The van der Waals surface area contributed by atoms with Crippen molar-refractivity contribution in [1.82, 2.24) is 15.1 Å². The van der Waals surface area contributed by atoms with Crippen molar-refractivity contribution in [1.29, 1.82) is 0 Å². The highest BCUT2D eigenvalue weighted by molar-refractivity contribution is 6.32. The summed E-state index contributed by atoms with van der Waals surface area (Å²) in [6.07, 6.45) is 1.97. The van der Waals surface area contributed by atoms with Crippen molar-refractivity contribution in [3.8, 4) is 0 Å². The van der Waals surface area contributed by atoms with E-state index in [9.17, 15) is 0 Å². The number of aromatic amines is 1. The number of nitrogens with zero attached hydrogens (tertiary/aromatic N) is 2. The number of nitrogens with one attached hydrogen (secondary N) is 1. The van der Waals surface area contributed by atoms with Gasteiger partial charge in [-0.05, 0) is 37.1 Å². The predicted octanol–water partition coefficient (Wildman–Crippen LogP) is 2.06. The number of H-pyrrole nitrogens is 1. The summed E-state index contributed by atoms with van der Waals surface area (Å²) in [5, 5.41) is 8.74. The van der Waals surface area contributed by atoms with Crippen LogP contribution in [0.25, 0.3) is 10.9 Å². The summed E-state index contributed by atoms with van der Waals surface area (Å²) in [4.78, 5) is 2.43. The second-order valence-corrected chi connectivity index (χ2v) is 5.52. The Morgan fingerprint density at radius 3 is 2.95 bits per heavy atom. The molecule has 1 saturated heterocycles. The number of rotatable bonds is 4. The van der Waals surface area contributed by atoms with E-state index in [0.29, 0.717) is 5.82 Å². The lowest BCUT2D eigenvalue weighted by atomic mass is 10.0. The molecule has 2 heterocycles. The van der Waals surface area contributed by atoms with Gasteiger partial charge in [-0.3, -0.25) is 10.00 Å². The van der Waals surface area contributed by atoms with Crippen LogP contribution in [0, 0.1) is 0 Å². The van der Waals surface area contributed by atoms with Gasteiger partial charge < -0.3 is 10.5 Å². The number of aromatic nitrogens is 2. The Balaban J connectivity index is 1.70. The van der Waals surface area contributed by atoms with Gasteiger partial charge in [0.25, 0.3) is 0 Å². The summed E-state index contributed by atoms with van der Waals surface area (Å²) < 4.78 is 5.35. The third kappa shape index (κ3) is 2.75. The molecule has 0 saturated carbocycles. The molecule has 0 bridgehead atoms. The van der Waals surface area contributed by atoms with Crippen molar-refractivity contribution >= 4 is 28.3 Å². The average Bonchev–Trinajstić information content (AvgIpc) is 2.84. The molecule has 0 aliphatic carbocycles. The highest BCUT2D eigenvalue weighted by Gasteiger charge is 2.13. The van der Waals surface area contributed by atoms with E-state index >= 15 is 0 Å². The number of fused-ring (bicyclic) bond motifs is 1. The lowest BCUT2D eigenvalue weighted by molar-refractivity contribution is 0.0375. The summed E-state index contributed by atoms with van der Waals surface area (Å²) >= 11 is 6.32. The molecule has 0 amide bonds. The van der Waals surface area contributed by atoms with E-state index < -0.39 is 0 Å². The van der Waals surface area contributed by atoms with Crippen molar-refractivity contribution in [2.24, 2.45) is 0 Å². The third-order valence-electron chi connectivity index (χ3n) is 3.81. The number of hydrogen-bond donors (Lipinski definition) is 2. The molecule has 5 nitrogen and oxygen atoms in total. The topological polar surface area (TPSA) is 67.2 Å². The molecule has 3 rings (SSSR count). The first-order valence-corrected chi connectivity index (χ1v) is 7.34. The number of hydrogen-bond acceptors (Lipinski definition) is 4. The van der Waals surface area contributed by atoms with E-state index in [1.807, 2.05) is 12.1 Å². The van der Waals surface area contributed by atoms with Crippen LogP contribution in [0.4, 0.5) is 5.82 Å². The number of morpholine rings is 1. The molecule has 3 N–H and O–H groups in total. The number of aryl methyl sites for hydroxylation is 1. The molecule has 1 aromatic heterocycles. The fraction of sp³-hybridized carbons (Fsp3) is 0.500. The van der Waals surface area contributed by atoms with Crippen molar-refractivity contribution in [3.63, 3.8) is 0 Å². The highest BCUT2D eigenvalue weighted by atomic mass is 35.5. The summed E-state index contributed by atoms with van der Waals surface area (Å²) in [5.41, 5.74) is 7.99. The van der Waals surface area contributed by atoms with Crippen LogP contribution in [-0.4, -0.2) is 47.9 Å². The lowest BCUT2D eigenvalue weighted by Gasteiger charge is -2.26. The van der Waals surface area contributed by atoms with Crippen LogP contribution < -0.4 is 5.73 Å². The molecule has 1 fully saturated rings. The number of ether oxygens (including phenoxy) is 1. The normalized spacial score (nSPS) is 16.9. The fourth-order valence-electron chi connectivity index (χ4n) is 2.73. The minimum absolute atomic E-state index is 0.531. The fourth-order valence-corrected chi connectivity index (χ4v) is 2.99. The molecule has 0 atom stereocenters. The van der Waals surface area contributed by atoms with Gasteiger partial charge in [-0.2, -0.15) is 5.10 Å². The third-order valence-corrected chi connectivity index (χ3v) is 4.17. The second kappa shape index (κ2) is 5.99. The van der Waals surface area contributed by atoms with Crippen LogP contribution in [0.15, 0.2) is 12.1 Å². The molecule has 0 unspecified atom stereocenters. The largest absolute Gasteiger partial charge is 0.382 e. The number of halogens is 1. The molecular formula is C14H19ClN4O. The molecule has 0 spiro atoms. The van der Waals surface area contributed by atoms with E-state index in [2.05, 4.69) is 15.1 Å². The molecule has 1 aromatic carbocycles. The Kier molecular flexibility index (Phi) is 4.10. The number of nitrogen functional groups attached to an aromatic ring is 1. The maximum atomic E-state index is 6.32. The van der Waals surface area contributed by atoms with Crippen molar-refractivity contribution in [2.75, 3.05) is 38.6 Å². The first-order valence-electron chi connectivity index (χ1n) is 6.97. The molecule has 6 heteroatoms. The SMILES string of the molecule is Nc1n[nH]c2ccc(Cl)c(CCCN3CCOCC3)c12. The van der Waals surface area contributed by atoms with Crippen LogP contribution in [0.2, 0.25) is 5.02 Å². The zero-order valence-corrected chi connectivity index (χ0v) is 12.1. The zero-order valence-electron chi connectivity index (χ0n) is 11.4. The van der Waals surface area contributed by atoms with Crippen LogP contribution in [0.5, 0.6) is 0 Å². The predicted molar refractivity (Wildman–Crippen MR) is 81.1 cm³/mol. The Hall–Kier alpha value is -1.30. The van der Waals surface area contributed by atoms with Crippen molar-refractivity contribution in [3.05, 3.63) is 22.7 Å². The monoisotopic (exact) mass is 294 g/mol.